The standard InChI is InChI=1S/C10H11ClN4S/c11-8-3-1-2-7(4-8)5-9(14-12)10-6-13-15-16-10/h1-4,6,9,14H,5,12H2. The molecule has 0 amide bonds. The van der Waals surface area contributed by atoms with Gasteiger partial charge in [0.2, 0.25) is 0 Å². The van der Waals surface area contributed by atoms with E-state index in [0.717, 1.165) is 21.9 Å². The van der Waals surface area contributed by atoms with Crippen LogP contribution in [0, 0.1) is 0 Å². The lowest BCUT2D eigenvalue weighted by Gasteiger charge is -2.13. The van der Waals surface area contributed by atoms with Crippen LogP contribution in [0.5, 0.6) is 0 Å². The molecule has 0 aliphatic rings. The van der Waals surface area contributed by atoms with E-state index in [4.69, 9.17) is 17.4 Å². The van der Waals surface area contributed by atoms with Gasteiger partial charge in [-0.2, -0.15) is 0 Å². The van der Waals surface area contributed by atoms with Crippen molar-refractivity contribution in [2.45, 2.75) is 12.5 Å². The van der Waals surface area contributed by atoms with E-state index in [1.165, 1.54) is 11.5 Å². The largest absolute Gasteiger partial charge is 0.271 e. The van der Waals surface area contributed by atoms with Crippen molar-refractivity contribution in [1.29, 1.82) is 0 Å². The number of hydrogen-bond acceptors (Lipinski definition) is 5. The molecule has 1 heterocycles. The van der Waals surface area contributed by atoms with E-state index in [9.17, 15) is 0 Å². The summed E-state index contributed by atoms with van der Waals surface area (Å²) in [5, 5.41) is 4.53. The molecule has 16 heavy (non-hydrogen) atoms. The van der Waals surface area contributed by atoms with Crippen LogP contribution in [0.4, 0.5) is 0 Å². The average molecular weight is 255 g/mol. The van der Waals surface area contributed by atoms with Crippen molar-refractivity contribution < 1.29 is 0 Å². The van der Waals surface area contributed by atoms with Gasteiger partial charge in [0.25, 0.3) is 0 Å². The molecule has 0 saturated heterocycles. The number of nitrogens with zero attached hydrogens (tertiary/aromatic N) is 2. The lowest BCUT2D eigenvalue weighted by Crippen LogP contribution is -2.28. The second-order valence-electron chi connectivity index (χ2n) is 3.37. The normalized spacial score (nSPS) is 12.6. The van der Waals surface area contributed by atoms with Crippen LogP contribution in [0.3, 0.4) is 0 Å². The third-order valence-electron chi connectivity index (χ3n) is 2.25. The van der Waals surface area contributed by atoms with Gasteiger partial charge in [-0.25, -0.2) is 0 Å². The molecule has 0 aliphatic heterocycles. The minimum absolute atomic E-state index is 0.0264. The summed E-state index contributed by atoms with van der Waals surface area (Å²) >= 11 is 7.27. The fourth-order valence-corrected chi connectivity index (χ4v) is 2.24. The van der Waals surface area contributed by atoms with Crippen LogP contribution in [0.2, 0.25) is 5.02 Å². The third kappa shape index (κ3) is 2.76. The summed E-state index contributed by atoms with van der Waals surface area (Å²) in [4.78, 5) is 1.02. The summed E-state index contributed by atoms with van der Waals surface area (Å²) < 4.78 is 3.82. The number of benzene rings is 1. The van der Waals surface area contributed by atoms with E-state index in [1.807, 2.05) is 24.3 Å². The van der Waals surface area contributed by atoms with Crippen LogP contribution in [0.25, 0.3) is 0 Å². The Bertz CT molecular complexity index is 446. The quantitative estimate of drug-likeness (QED) is 0.647. The fraction of sp³-hybridized carbons (Fsp3) is 0.200. The Labute approximate surface area is 103 Å². The van der Waals surface area contributed by atoms with E-state index in [-0.39, 0.29) is 6.04 Å². The number of halogens is 1. The highest BCUT2D eigenvalue weighted by atomic mass is 35.5. The Balaban J connectivity index is 2.13. The van der Waals surface area contributed by atoms with E-state index in [1.54, 1.807) is 6.20 Å². The lowest BCUT2D eigenvalue weighted by atomic mass is 10.1. The van der Waals surface area contributed by atoms with Crippen LogP contribution in [-0.2, 0) is 6.42 Å². The van der Waals surface area contributed by atoms with Gasteiger partial charge in [0, 0.05) is 5.02 Å². The average Bonchev–Trinajstić information content (AvgIpc) is 2.79. The molecule has 3 N–H and O–H groups in total. The van der Waals surface area contributed by atoms with E-state index < -0.39 is 0 Å². The molecule has 0 bridgehead atoms. The molecule has 0 spiro atoms. The molecular weight excluding hydrogens is 244 g/mol. The zero-order valence-electron chi connectivity index (χ0n) is 8.43. The van der Waals surface area contributed by atoms with Crippen molar-refractivity contribution in [1.82, 2.24) is 15.0 Å². The van der Waals surface area contributed by atoms with Crippen LogP contribution in [0.15, 0.2) is 30.5 Å². The van der Waals surface area contributed by atoms with E-state index in [0.29, 0.717) is 0 Å². The molecule has 2 rings (SSSR count). The van der Waals surface area contributed by atoms with Gasteiger partial charge in [-0.15, -0.1) is 5.10 Å². The van der Waals surface area contributed by atoms with Crippen LogP contribution in [-0.4, -0.2) is 9.59 Å². The van der Waals surface area contributed by atoms with Crippen molar-refractivity contribution in [3.8, 4) is 0 Å². The van der Waals surface area contributed by atoms with Crippen molar-refractivity contribution >= 4 is 23.1 Å². The Hall–Kier alpha value is -1.01. The van der Waals surface area contributed by atoms with Gasteiger partial charge >= 0.3 is 0 Å². The molecule has 84 valence electrons. The first kappa shape index (κ1) is 11.5. The SMILES string of the molecule is NNC(Cc1cccc(Cl)c1)c1cnns1. The van der Waals surface area contributed by atoms with Crippen molar-refractivity contribution in [3.05, 3.63) is 45.9 Å². The Morgan fingerprint density at radius 3 is 3.00 bits per heavy atom. The maximum atomic E-state index is 5.92. The maximum absolute atomic E-state index is 5.92. The minimum Gasteiger partial charge on any atom is -0.271 e. The molecule has 0 fully saturated rings. The number of aromatic nitrogens is 2. The molecule has 0 aliphatic carbocycles. The molecular formula is C10H11ClN4S. The molecule has 0 radical (unpaired) electrons. The van der Waals surface area contributed by atoms with E-state index >= 15 is 0 Å². The summed E-state index contributed by atoms with van der Waals surface area (Å²) in [6.07, 6.45) is 2.49. The van der Waals surface area contributed by atoms with Crippen molar-refractivity contribution in [2.75, 3.05) is 0 Å². The van der Waals surface area contributed by atoms with Gasteiger partial charge in [0.05, 0.1) is 17.1 Å². The number of hydrogen-bond donors (Lipinski definition) is 2. The molecule has 4 nitrogen and oxygen atoms in total. The fourth-order valence-electron chi connectivity index (χ4n) is 1.47. The topological polar surface area (TPSA) is 63.8 Å². The molecule has 1 unspecified atom stereocenters. The van der Waals surface area contributed by atoms with E-state index in [2.05, 4.69) is 15.0 Å². The molecule has 1 aromatic heterocycles. The van der Waals surface area contributed by atoms with Gasteiger partial charge in [0.1, 0.15) is 0 Å². The molecule has 0 saturated carbocycles. The van der Waals surface area contributed by atoms with Crippen LogP contribution in [0.1, 0.15) is 16.5 Å². The number of nitrogens with two attached hydrogens (primary N) is 1. The summed E-state index contributed by atoms with van der Waals surface area (Å²) in [6.45, 7) is 0. The highest BCUT2D eigenvalue weighted by molar-refractivity contribution is 7.05. The minimum atomic E-state index is 0.0264. The van der Waals surface area contributed by atoms with Gasteiger partial charge in [0.15, 0.2) is 0 Å². The van der Waals surface area contributed by atoms with Crippen LogP contribution < -0.4 is 11.3 Å². The lowest BCUT2D eigenvalue weighted by molar-refractivity contribution is 0.560. The smallest absolute Gasteiger partial charge is 0.0670 e. The number of hydrazine groups is 1. The Morgan fingerprint density at radius 1 is 1.50 bits per heavy atom. The Kier molecular flexibility index (Phi) is 3.84. The highest BCUT2D eigenvalue weighted by Gasteiger charge is 2.12. The van der Waals surface area contributed by atoms with Gasteiger partial charge in [-0.05, 0) is 35.6 Å². The summed E-state index contributed by atoms with van der Waals surface area (Å²) in [5.41, 5.74) is 3.89. The first-order valence-electron chi connectivity index (χ1n) is 4.77. The maximum Gasteiger partial charge on any atom is 0.0670 e. The summed E-state index contributed by atoms with van der Waals surface area (Å²) in [7, 11) is 0. The monoisotopic (exact) mass is 254 g/mol. The van der Waals surface area contributed by atoms with Gasteiger partial charge in [-0.3, -0.25) is 11.3 Å². The zero-order chi connectivity index (χ0) is 11.4. The molecule has 1 aromatic carbocycles. The molecule has 2 aromatic rings. The predicted octanol–water partition coefficient (Wildman–Crippen LogP) is 1.94. The Morgan fingerprint density at radius 2 is 2.38 bits per heavy atom. The summed E-state index contributed by atoms with van der Waals surface area (Å²) in [5.74, 6) is 5.52. The second-order valence-corrected chi connectivity index (χ2v) is 4.63. The first-order valence-corrected chi connectivity index (χ1v) is 5.92. The molecule has 6 heteroatoms. The third-order valence-corrected chi connectivity index (χ3v) is 3.26. The predicted molar refractivity (Wildman–Crippen MR) is 65.1 cm³/mol. The highest BCUT2D eigenvalue weighted by Crippen LogP contribution is 2.21. The first-order chi connectivity index (χ1) is 7.79. The van der Waals surface area contributed by atoms with Gasteiger partial charge < -0.3 is 0 Å². The van der Waals surface area contributed by atoms with Gasteiger partial charge in [-0.1, -0.05) is 28.2 Å². The summed E-state index contributed by atoms with van der Waals surface area (Å²) in [6, 6.07) is 7.75. The zero-order valence-corrected chi connectivity index (χ0v) is 10.0. The second kappa shape index (κ2) is 5.36. The van der Waals surface area contributed by atoms with Crippen molar-refractivity contribution in [3.63, 3.8) is 0 Å². The molecule has 1 atom stereocenters. The van der Waals surface area contributed by atoms with Crippen molar-refractivity contribution in [2.24, 2.45) is 5.84 Å². The number of rotatable bonds is 4. The van der Waals surface area contributed by atoms with Crippen LogP contribution >= 0.6 is 23.1 Å². The number of nitrogens with one attached hydrogen (secondary N) is 1.